The first-order valence-electron chi connectivity index (χ1n) is 7.73. The molecule has 1 amide bonds. The number of benzene rings is 2. The molecule has 0 unspecified atom stereocenters. The van der Waals surface area contributed by atoms with E-state index >= 15 is 0 Å². The van der Waals surface area contributed by atoms with Crippen molar-refractivity contribution in [3.05, 3.63) is 42.0 Å². The van der Waals surface area contributed by atoms with Crippen LogP contribution in [0.2, 0.25) is 0 Å². The van der Waals surface area contributed by atoms with Gasteiger partial charge in [-0.2, -0.15) is 0 Å². The smallest absolute Gasteiger partial charge is 0.244 e. The number of carbonyl (C=O) groups excluding carboxylic acids is 1. The Hall–Kier alpha value is -2.78. The number of amides is 1. The van der Waals surface area contributed by atoms with Gasteiger partial charge in [0.05, 0.1) is 13.7 Å². The average Bonchev–Trinajstić information content (AvgIpc) is 3.08. The number of anilines is 1. The Morgan fingerprint density at radius 1 is 1.15 bits per heavy atom. The Bertz CT molecular complexity index is 942. The Balaban J connectivity index is 1.66. The molecule has 0 aromatic heterocycles. The van der Waals surface area contributed by atoms with E-state index in [4.69, 9.17) is 14.2 Å². The summed E-state index contributed by atoms with van der Waals surface area (Å²) in [6, 6.07) is 9.71. The molecule has 3 rings (SSSR count). The standard InChI is InChI=1S/C17H18N2O6S/c1-11-3-5-14(23-2)16(7-11)26(21,22)18-9-17(20)19-12-4-6-13-15(8-12)25-10-24-13/h3-8,18H,9-10H2,1-2H3,(H,19,20). The number of fused-ring (bicyclic) bond motifs is 1. The summed E-state index contributed by atoms with van der Waals surface area (Å²) >= 11 is 0. The van der Waals surface area contributed by atoms with Gasteiger partial charge < -0.3 is 19.5 Å². The summed E-state index contributed by atoms with van der Waals surface area (Å²) in [5, 5.41) is 2.60. The second kappa shape index (κ2) is 7.22. The fraction of sp³-hybridized carbons (Fsp3) is 0.235. The number of methoxy groups -OCH3 is 1. The third-order valence-corrected chi connectivity index (χ3v) is 5.11. The molecule has 0 atom stereocenters. The highest BCUT2D eigenvalue weighted by molar-refractivity contribution is 7.89. The Morgan fingerprint density at radius 3 is 2.69 bits per heavy atom. The Morgan fingerprint density at radius 2 is 1.92 bits per heavy atom. The van der Waals surface area contributed by atoms with E-state index in [-0.39, 0.29) is 17.4 Å². The van der Waals surface area contributed by atoms with E-state index in [0.29, 0.717) is 17.2 Å². The van der Waals surface area contributed by atoms with Crippen LogP contribution in [0.1, 0.15) is 5.56 Å². The van der Waals surface area contributed by atoms with Crippen LogP contribution >= 0.6 is 0 Å². The van der Waals surface area contributed by atoms with E-state index in [1.807, 2.05) is 0 Å². The van der Waals surface area contributed by atoms with Gasteiger partial charge in [0.15, 0.2) is 11.5 Å². The van der Waals surface area contributed by atoms with E-state index in [0.717, 1.165) is 5.56 Å². The van der Waals surface area contributed by atoms with E-state index in [1.165, 1.54) is 13.2 Å². The highest BCUT2D eigenvalue weighted by Crippen LogP contribution is 2.34. The van der Waals surface area contributed by atoms with Gasteiger partial charge in [-0.05, 0) is 36.8 Å². The average molecular weight is 378 g/mol. The highest BCUT2D eigenvalue weighted by atomic mass is 32.2. The SMILES string of the molecule is COc1ccc(C)cc1S(=O)(=O)NCC(=O)Nc1ccc2c(c1)OCO2. The third-order valence-electron chi connectivity index (χ3n) is 3.69. The second-order valence-electron chi connectivity index (χ2n) is 5.60. The number of aryl methyl sites for hydroxylation is 1. The van der Waals surface area contributed by atoms with E-state index < -0.39 is 22.5 Å². The molecule has 2 aromatic carbocycles. The van der Waals surface area contributed by atoms with Gasteiger partial charge >= 0.3 is 0 Å². The van der Waals surface area contributed by atoms with Crippen LogP contribution in [0.4, 0.5) is 5.69 Å². The summed E-state index contributed by atoms with van der Waals surface area (Å²) < 4.78 is 42.7. The number of hydrogen-bond donors (Lipinski definition) is 2. The predicted molar refractivity (Wildman–Crippen MR) is 94.1 cm³/mol. The summed E-state index contributed by atoms with van der Waals surface area (Å²) in [6.07, 6.45) is 0. The molecule has 9 heteroatoms. The molecule has 0 fully saturated rings. The lowest BCUT2D eigenvalue weighted by Crippen LogP contribution is -2.33. The van der Waals surface area contributed by atoms with Crippen LogP contribution in [-0.4, -0.2) is 34.8 Å². The monoisotopic (exact) mass is 378 g/mol. The van der Waals surface area contributed by atoms with Crippen LogP contribution in [0.5, 0.6) is 17.2 Å². The molecule has 0 saturated heterocycles. The molecule has 0 saturated carbocycles. The number of ether oxygens (including phenoxy) is 3. The quantitative estimate of drug-likeness (QED) is 0.792. The second-order valence-corrected chi connectivity index (χ2v) is 7.33. The van der Waals surface area contributed by atoms with Crippen LogP contribution in [0.15, 0.2) is 41.3 Å². The van der Waals surface area contributed by atoms with Crippen LogP contribution in [0.25, 0.3) is 0 Å². The van der Waals surface area contributed by atoms with Crippen LogP contribution in [-0.2, 0) is 14.8 Å². The molecular weight excluding hydrogens is 360 g/mol. The minimum absolute atomic E-state index is 0.0177. The zero-order valence-corrected chi connectivity index (χ0v) is 15.1. The van der Waals surface area contributed by atoms with Gasteiger partial charge in [-0.3, -0.25) is 4.79 Å². The first-order chi connectivity index (χ1) is 12.4. The summed E-state index contributed by atoms with van der Waals surface area (Å²) in [7, 11) is -2.52. The van der Waals surface area contributed by atoms with Crippen molar-refractivity contribution in [1.29, 1.82) is 0 Å². The van der Waals surface area contributed by atoms with Gasteiger partial charge in [-0.25, -0.2) is 13.1 Å². The number of carbonyl (C=O) groups is 1. The van der Waals surface area contributed by atoms with Crippen molar-refractivity contribution >= 4 is 21.6 Å². The first-order valence-corrected chi connectivity index (χ1v) is 9.21. The summed E-state index contributed by atoms with van der Waals surface area (Å²) in [6.45, 7) is 1.48. The highest BCUT2D eigenvalue weighted by Gasteiger charge is 2.21. The van der Waals surface area contributed by atoms with Crippen molar-refractivity contribution in [3.63, 3.8) is 0 Å². The summed E-state index contributed by atoms with van der Waals surface area (Å²) in [4.78, 5) is 12.1. The molecule has 1 aliphatic rings. The van der Waals surface area contributed by atoms with Gasteiger partial charge in [0.1, 0.15) is 10.6 Å². The maximum atomic E-state index is 12.5. The molecule has 0 spiro atoms. The first kappa shape index (κ1) is 18.0. The Labute approximate surface area is 151 Å². The minimum atomic E-state index is -3.90. The number of nitrogens with one attached hydrogen (secondary N) is 2. The molecule has 138 valence electrons. The third kappa shape index (κ3) is 3.89. The number of rotatable bonds is 6. The normalized spacial score (nSPS) is 12.7. The fourth-order valence-electron chi connectivity index (χ4n) is 2.41. The lowest BCUT2D eigenvalue weighted by atomic mass is 10.2. The maximum absolute atomic E-state index is 12.5. The van der Waals surface area contributed by atoms with Crippen molar-refractivity contribution < 1.29 is 27.4 Å². The van der Waals surface area contributed by atoms with Crippen molar-refractivity contribution in [1.82, 2.24) is 4.72 Å². The molecule has 8 nitrogen and oxygen atoms in total. The fourth-order valence-corrected chi connectivity index (χ4v) is 3.65. The van der Waals surface area contributed by atoms with Crippen LogP contribution in [0, 0.1) is 6.92 Å². The van der Waals surface area contributed by atoms with Crippen molar-refractivity contribution in [2.75, 3.05) is 25.8 Å². The van der Waals surface area contributed by atoms with E-state index in [9.17, 15) is 13.2 Å². The summed E-state index contributed by atoms with van der Waals surface area (Å²) in [5.74, 6) is 0.807. The van der Waals surface area contributed by atoms with Gasteiger partial charge in [-0.1, -0.05) is 6.07 Å². The van der Waals surface area contributed by atoms with Gasteiger partial charge in [0.25, 0.3) is 0 Å². The topological polar surface area (TPSA) is 103 Å². The van der Waals surface area contributed by atoms with Gasteiger partial charge in [0.2, 0.25) is 22.7 Å². The van der Waals surface area contributed by atoms with Gasteiger partial charge in [0, 0.05) is 11.8 Å². The molecule has 1 heterocycles. The molecule has 2 aromatic rings. The maximum Gasteiger partial charge on any atom is 0.244 e. The van der Waals surface area contributed by atoms with Crippen LogP contribution < -0.4 is 24.2 Å². The van der Waals surface area contributed by atoms with Crippen LogP contribution in [0.3, 0.4) is 0 Å². The van der Waals surface area contributed by atoms with E-state index in [1.54, 1.807) is 37.3 Å². The number of hydrogen-bond acceptors (Lipinski definition) is 6. The van der Waals surface area contributed by atoms with Crippen molar-refractivity contribution in [2.24, 2.45) is 0 Å². The van der Waals surface area contributed by atoms with Gasteiger partial charge in [-0.15, -0.1) is 0 Å². The number of sulfonamides is 1. The van der Waals surface area contributed by atoms with E-state index in [2.05, 4.69) is 10.0 Å². The summed E-state index contributed by atoms with van der Waals surface area (Å²) in [5.41, 5.74) is 1.24. The lowest BCUT2D eigenvalue weighted by molar-refractivity contribution is -0.115. The molecule has 26 heavy (non-hydrogen) atoms. The molecule has 0 aliphatic carbocycles. The minimum Gasteiger partial charge on any atom is -0.495 e. The molecular formula is C17H18N2O6S. The predicted octanol–water partition coefficient (Wildman–Crippen LogP) is 1.65. The van der Waals surface area contributed by atoms with Crippen molar-refractivity contribution in [3.8, 4) is 17.2 Å². The molecule has 1 aliphatic heterocycles. The van der Waals surface area contributed by atoms with Crippen molar-refractivity contribution in [2.45, 2.75) is 11.8 Å². The zero-order valence-electron chi connectivity index (χ0n) is 14.2. The lowest BCUT2D eigenvalue weighted by Gasteiger charge is -2.12. The largest absolute Gasteiger partial charge is 0.495 e. The Kier molecular flexibility index (Phi) is 5.01. The molecule has 2 N–H and O–H groups in total. The molecule has 0 bridgehead atoms. The zero-order chi connectivity index (χ0) is 18.7. The molecule has 0 radical (unpaired) electrons.